The molecule has 0 radical (unpaired) electrons. The van der Waals surface area contributed by atoms with Crippen LogP contribution in [-0.4, -0.2) is 124 Å². The van der Waals surface area contributed by atoms with Crippen molar-refractivity contribution in [2.45, 2.75) is 89.5 Å². The first-order valence-corrected chi connectivity index (χ1v) is 20.4. The third-order valence-electron chi connectivity index (χ3n) is 9.00. The van der Waals surface area contributed by atoms with Crippen molar-refractivity contribution in [1.29, 1.82) is 0 Å². The van der Waals surface area contributed by atoms with E-state index in [1.165, 1.54) is 6.07 Å². The molecule has 0 spiro atoms. The number of hydrogen-bond acceptors (Lipinski definition) is 11. The van der Waals surface area contributed by atoms with E-state index in [1.807, 2.05) is 0 Å². The van der Waals surface area contributed by atoms with Gasteiger partial charge in [-0.1, -0.05) is 6.07 Å². The van der Waals surface area contributed by atoms with Crippen molar-refractivity contribution in [3.05, 3.63) is 30.0 Å². The van der Waals surface area contributed by atoms with Gasteiger partial charge >= 0.3 is 0 Å². The molecule has 2 rings (SSSR count). The summed E-state index contributed by atoms with van der Waals surface area (Å²) in [7, 11) is 0. The minimum absolute atomic E-state index is 0.00167. The molecule has 57 heavy (non-hydrogen) atoms. The summed E-state index contributed by atoms with van der Waals surface area (Å²) in [6, 6.07) is 3.85. The number of phenolic OH excluding ortho intramolecular Hbond substituents is 1. The van der Waals surface area contributed by atoms with Crippen LogP contribution >= 0.6 is 0 Å². The summed E-state index contributed by atoms with van der Waals surface area (Å²) in [5.41, 5.74) is 12.0. The van der Waals surface area contributed by atoms with E-state index in [-0.39, 0.29) is 42.9 Å². The van der Waals surface area contributed by atoms with E-state index in [2.05, 4.69) is 47.5 Å². The van der Waals surface area contributed by atoms with E-state index in [9.17, 15) is 33.9 Å². The molecular formula is C39H67N11O7. The molecule has 2 aromatic rings. The van der Waals surface area contributed by atoms with Crippen LogP contribution in [0.25, 0.3) is 10.9 Å². The molecular weight excluding hydrogens is 734 g/mol. The molecule has 0 aliphatic heterocycles. The summed E-state index contributed by atoms with van der Waals surface area (Å²) in [4.78, 5) is 76.0. The highest BCUT2D eigenvalue weighted by atomic mass is 16.3. The summed E-state index contributed by atoms with van der Waals surface area (Å²) in [5.74, 6) is -1.77. The number of primary amides is 1. The van der Waals surface area contributed by atoms with Gasteiger partial charge in [-0.2, -0.15) is 0 Å². The fourth-order valence-electron chi connectivity index (χ4n) is 5.89. The molecule has 0 fully saturated rings. The second kappa shape index (κ2) is 30.4. The smallest absolute Gasteiger partial charge is 0.243 e. The molecule has 1 heterocycles. The van der Waals surface area contributed by atoms with Crippen LogP contribution in [0.1, 0.15) is 82.6 Å². The molecule has 14 N–H and O–H groups in total. The van der Waals surface area contributed by atoms with E-state index in [0.29, 0.717) is 94.5 Å². The Hall–Kier alpha value is -4.78. The first-order chi connectivity index (χ1) is 27.6. The van der Waals surface area contributed by atoms with E-state index in [1.54, 1.807) is 18.3 Å². The molecule has 18 nitrogen and oxygen atoms in total. The SMILES string of the molecule is NCCCCNCCC(=O)NCCCCNCCC(=O)NCCCCNCC(=O)NCCCCCNC(=O)[C@H](CC(N)=O)NC(=O)Cc1c[nH]c2cccc(O)c12. The molecule has 0 bridgehead atoms. The predicted molar refractivity (Wildman–Crippen MR) is 220 cm³/mol. The lowest BCUT2D eigenvalue weighted by atomic mass is 10.1. The molecule has 1 atom stereocenters. The molecule has 18 heteroatoms. The van der Waals surface area contributed by atoms with Crippen molar-refractivity contribution in [3.63, 3.8) is 0 Å². The summed E-state index contributed by atoms with van der Waals surface area (Å²) in [5, 5.41) is 34.3. The van der Waals surface area contributed by atoms with Gasteiger partial charge in [0, 0.05) is 69.2 Å². The Kier molecular flexibility index (Phi) is 25.8. The quantitative estimate of drug-likeness (QED) is 0.0392. The van der Waals surface area contributed by atoms with Crippen molar-refractivity contribution in [2.75, 3.05) is 72.0 Å². The minimum atomic E-state index is -1.13. The number of rotatable bonds is 34. The third kappa shape index (κ3) is 23.1. The van der Waals surface area contributed by atoms with E-state index >= 15 is 0 Å². The van der Waals surface area contributed by atoms with Crippen LogP contribution in [0.2, 0.25) is 0 Å². The normalized spacial score (nSPS) is 11.5. The number of nitrogens with two attached hydrogens (primary N) is 2. The van der Waals surface area contributed by atoms with Crippen molar-refractivity contribution < 1.29 is 33.9 Å². The number of carbonyl (C=O) groups excluding carboxylic acids is 6. The van der Waals surface area contributed by atoms with Crippen LogP contribution in [0.15, 0.2) is 24.4 Å². The van der Waals surface area contributed by atoms with Gasteiger partial charge in [0.25, 0.3) is 0 Å². The Balaban J connectivity index is 1.39. The number of aromatic hydroxyl groups is 1. The maximum Gasteiger partial charge on any atom is 0.243 e. The molecule has 0 saturated carbocycles. The lowest BCUT2D eigenvalue weighted by Crippen LogP contribution is -2.49. The van der Waals surface area contributed by atoms with Gasteiger partial charge < -0.3 is 64.1 Å². The van der Waals surface area contributed by atoms with E-state index in [0.717, 1.165) is 58.0 Å². The van der Waals surface area contributed by atoms with Crippen LogP contribution in [0.5, 0.6) is 5.75 Å². The molecule has 320 valence electrons. The topological polar surface area (TPSA) is 287 Å². The van der Waals surface area contributed by atoms with E-state index < -0.39 is 23.8 Å². The Bertz CT molecular complexity index is 1500. The van der Waals surface area contributed by atoms with Gasteiger partial charge in [0.15, 0.2) is 0 Å². The molecule has 0 unspecified atom stereocenters. The molecule has 0 saturated heterocycles. The zero-order chi connectivity index (χ0) is 41.5. The first-order valence-electron chi connectivity index (χ1n) is 20.4. The largest absolute Gasteiger partial charge is 0.507 e. The molecule has 0 aliphatic carbocycles. The maximum atomic E-state index is 12.7. The minimum Gasteiger partial charge on any atom is -0.507 e. The summed E-state index contributed by atoms with van der Waals surface area (Å²) < 4.78 is 0. The lowest BCUT2D eigenvalue weighted by molar-refractivity contribution is -0.131. The first kappa shape index (κ1) is 48.4. The van der Waals surface area contributed by atoms with Gasteiger partial charge in [-0.3, -0.25) is 28.8 Å². The number of aromatic nitrogens is 1. The summed E-state index contributed by atoms with van der Waals surface area (Å²) in [6.45, 7) is 6.54. The Morgan fingerprint density at radius 3 is 1.79 bits per heavy atom. The number of unbranched alkanes of at least 4 members (excludes halogenated alkanes) is 5. The van der Waals surface area contributed by atoms with Crippen LogP contribution in [0, 0.1) is 0 Å². The van der Waals surface area contributed by atoms with Crippen molar-refractivity contribution in [1.82, 2.24) is 47.5 Å². The summed E-state index contributed by atoms with van der Waals surface area (Å²) >= 11 is 0. The average Bonchev–Trinajstić information content (AvgIpc) is 3.59. The number of benzene rings is 1. The standard InChI is InChI=1S/C39H67N11O7/c40-15-2-5-16-42-23-13-34(53)45-20-8-6-17-43-24-14-35(54)46-21-9-7-18-44-28-37(56)47-19-3-1-4-22-48-39(57)31(26-33(41)52)50-36(55)25-29-27-49-30-11-10-12-32(51)38(29)30/h10-12,27,31,42-44,49,51H,1-9,13-26,28,40H2,(H2,41,52)(H,45,53)(H,46,54)(H,47,56)(H,48,57)(H,50,55)/t31-/m0/s1. The van der Waals surface area contributed by atoms with Gasteiger partial charge in [-0.05, 0) is 102 Å². The van der Waals surface area contributed by atoms with Crippen LogP contribution in [0.4, 0.5) is 0 Å². The number of fused-ring (bicyclic) bond motifs is 1. The number of nitrogens with one attached hydrogen (secondary N) is 9. The maximum absolute atomic E-state index is 12.7. The number of hydrogen-bond donors (Lipinski definition) is 12. The number of phenols is 1. The molecule has 1 aromatic heterocycles. The number of H-pyrrole nitrogens is 1. The van der Waals surface area contributed by atoms with Crippen LogP contribution < -0.4 is 54.0 Å². The third-order valence-corrected chi connectivity index (χ3v) is 9.00. The van der Waals surface area contributed by atoms with Gasteiger partial charge in [-0.25, -0.2) is 0 Å². The van der Waals surface area contributed by atoms with Gasteiger partial charge in [0.1, 0.15) is 11.8 Å². The number of carbonyl (C=O) groups is 6. The zero-order valence-electron chi connectivity index (χ0n) is 33.4. The van der Waals surface area contributed by atoms with Crippen molar-refractivity contribution in [3.8, 4) is 5.75 Å². The average molecular weight is 802 g/mol. The monoisotopic (exact) mass is 802 g/mol. The van der Waals surface area contributed by atoms with Gasteiger partial charge in [-0.15, -0.1) is 0 Å². The van der Waals surface area contributed by atoms with Crippen molar-refractivity contribution >= 4 is 46.3 Å². The van der Waals surface area contributed by atoms with Crippen molar-refractivity contribution in [2.24, 2.45) is 11.5 Å². The fraction of sp³-hybridized carbons (Fsp3) is 0.641. The molecule has 6 amide bonds. The second-order valence-electron chi connectivity index (χ2n) is 14.0. The van der Waals surface area contributed by atoms with Gasteiger partial charge in [0.2, 0.25) is 35.4 Å². The number of amides is 6. The second-order valence-corrected chi connectivity index (χ2v) is 14.0. The highest BCUT2D eigenvalue weighted by molar-refractivity contribution is 5.95. The van der Waals surface area contributed by atoms with Gasteiger partial charge in [0.05, 0.1) is 19.4 Å². The highest BCUT2D eigenvalue weighted by Crippen LogP contribution is 2.27. The Labute approximate surface area is 335 Å². The lowest BCUT2D eigenvalue weighted by Gasteiger charge is -2.17. The van der Waals surface area contributed by atoms with Crippen LogP contribution in [-0.2, 0) is 35.2 Å². The summed E-state index contributed by atoms with van der Waals surface area (Å²) in [6.07, 6.45) is 9.55. The molecule has 0 aliphatic rings. The zero-order valence-corrected chi connectivity index (χ0v) is 33.4. The fourth-order valence-corrected chi connectivity index (χ4v) is 5.89. The Morgan fingerprint density at radius 1 is 0.632 bits per heavy atom. The molecule has 1 aromatic carbocycles. The number of aromatic amines is 1. The highest BCUT2D eigenvalue weighted by Gasteiger charge is 2.23. The van der Waals surface area contributed by atoms with E-state index in [4.69, 9.17) is 11.5 Å². The Morgan fingerprint density at radius 2 is 1.18 bits per heavy atom. The van der Waals surface area contributed by atoms with Crippen LogP contribution in [0.3, 0.4) is 0 Å². The predicted octanol–water partition coefficient (Wildman–Crippen LogP) is -0.740.